The van der Waals surface area contributed by atoms with Crippen LogP contribution in [0.15, 0.2) is 49.2 Å². The molecule has 2 aromatic rings. The highest BCUT2D eigenvalue weighted by Crippen LogP contribution is 2.33. The molecule has 0 radical (unpaired) electrons. The summed E-state index contributed by atoms with van der Waals surface area (Å²) in [5.41, 5.74) is 1.62. The number of nitrogens with one attached hydrogen (secondary N) is 1. The third-order valence-electron chi connectivity index (χ3n) is 4.35. The average molecular weight is 280 g/mol. The van der Waals surface area contributed by atoms with Crippen LogP contribution in [0.4, 0.5) is 5.69 Å². The summed E-state index contributed by atoms with van der Waals surface area (Å²) in [5, 5.41) is 4.07. The van der Waals surface area contributed by atoms with Crippen LogP contribution in [-0.4, -0.2) is 10.9 Å². The maximum atomic E-state index is 12.6. The third kappa shape index (κ3) is 2.82. The van der Waals surface area contributed by atoms with E-state index in [9.17, 15) is 4.79 Å². The molecule has 3 heteroatoms. The number of nitrogens with zero attached hydrogens (tertiary/aromatic N) is 1. The minimum absolute atomic E-state index is 0.0371. The fraction of sp³-hybridized carbons (Fsp3) is 0.333. The lowest BCUT2D eigenvalue weighted by Gasteiger charge is -2.19. The molecule has 108 valence electrons. The Morgan fingerprint density at radius 1 is 1.29 bits per heavy atom. The first-order chi connectivity index (χ1) is 10.3. The molecule has 1 fully saturated rings. The highest BCUT2D eigenvalue weighted by Gasteiger charge is 2.28. The van der Waals surface area contributed by atoms with Gasteiger partial charge in [-0.2, -0.15) is 0 Å². The van der Waals surface area contributed by atoms with Gasteiger partial charge in [0.1, 0.15) is 0 Å². The topological polar surface area (TPSA) is 42.0 Å². The van der Waals surface area contributed by atoms with Gasteiger partial charge in [-0.15, -0.1) is 6.58 Å². The van der Waals surface area contributed by atoms with Gasteiger partial charge < -0.3 is 5.32 Å². The first kappa shape index (κ1) is 13.8. The summed E-state index contributed by atoms with van der Waals surface area (Å²) < 4.78 is 0. The Balaban J connectivity index is 1.83. The van der Waals surface area contributed by atoms with Crippen molar-refractivity contribution in [1.82, 2.24) is 4.98 Å². The monoisotopic (exact) mass is 280 g/mol. The largest absolute Gasteiger partial charge is 0.324 e. The number of amides is 1. The van der Waals surface area contributed by atoms with Crippen LogP contribution in [0.3, 0.4) is 0 Å². The molecule has 0 spiro atoms. The molecule has 1 aromatic heterocycles. The molecule has 0 aliphatic heterocycles. The van der Waals surface area contributed by atoms with Gasteiger partial charge in [0.25, 0.3) is 0 Å². The van der Waals surface area contributed by atoms with Crippen LogP contribution in [0.5, 0.6) is 0 Å². The van der Waals surface area contributed by atoms with Crippen molar-refractivity contribution >= 4 is 22.5 Å². The number of fused-ring (bicyclic) bond motifs is 1. The Kier molecular flexibility index (Phi) is 4.00. The summed E-state index contributed by atoms with van der Waals surface area (Å²) in [6, 6.07) is 9.75. The molecule has 0 bridgehead atoms. The lowest BCUT2D eigenvalue weighted by molar-refractivity contribution is -0.119. The van der Waals surface area contributed by atoms with E-state index in [4.69, 9.17) is 0 Å². The molecule has 1 atom stereocenters. The summed E-state index contributed by atoms with van der Waals surface area (Å²) in [4.78, 5) is 16.9. The van der Waals surface area contributed by atoms with Gasteiger partial charge in [0, 0.05) is 11.6 Å². The number of pyridine rings is 1. The number of benzene rings is 1. The number of para-hydroxylation sites is 1. The Morgan fingerprint density at radius 3 is 2.81 bits per heavy atom. The van der Waals surface area contributed by atoms with E-state index in [0.717, 1.165) is 29.4 Å². The number of hydrogen-bond acceptors (Lipinski definition) is 2. The van der Waals surface area contributed by atoms with Crippen molar-refractivity contribution in [1.29, 1.82) is 0 Å². The third-order valence-corrected chi connectivity index (χ3v) is 4.35. The van der Waals surface area contributed by atoms with Crippen LogP contribution in [0.2, 0.25) is 0 Å². The predicted octanol–water partition coefficient (Wildman–Crippen LogP) is 4.17. The lowest BCUT2D eigenvalue weighted by atomic mass is 9.90. The van der Waals surface area contributed by atoms with Gasteiger partial charge in [-0.3, -0.25) is 9.78 Å². The molecular weight excluding hydrogens is 260 g/mol. The molecule has 1 unspecified atom stereocenters. The lowest BCUT2D eigenvalue weighted by Crippen LogP contribution is -2.26. The SMILES string of the molecule is C=CC(C(=O)Nc1cccc2cccnc12)C1CCCC1. The van der Waals surface area contributed by atoms with Crippen LogP contribution >= 0.6 is 0 Å². The second kappa shape index (κ2) is 6.08. The van der Waals surface area contributed by atoms with Crippen molar-refractivity contribution in [2.24, 2.45) is 11.8 Å². The Bertz CT molecular complexity index is 654. The quantitative estimate of drug-likeness (QED) is 0.854. The zero-order valence-electron chi connectivity index (χ0n) is 12.1. The predicted molar refractivity (Wildman–Crippen MR) is 86.0 cm³/mol. The maximum Gasteiger partial charge on any atom is 0.231 e. The molecular formula is C18H20N2O. The van der Waals surface area contributed by atoms with Crippen LogP contribution in [0.25, 0.3) is 10.9 Å². The highest BCUT2D eigenvalue weighted by atomic mass is 16.1. The van der Waals surface area contributed by atoms with Crippen molar-refractivity contribution in [3.63, 3.8) is 0 Å². The number of hydrogen-bond donors (Lipinski definition) is 1. The number of aromatic nitrogens is 1. The van der Waals surface area contributed by atoms with E-state index in [1.54, 1.807) is 12.3 Å². The molecule has 21 heavy (non-hydrogen) atoms. The van der Waals surface area contributed by atoms with Crippen LogP contribution in [0, 0.1) is 11.8 Å². The van der Waals surface area contributed by atoms with Crippen LogP contribution in [0.1, 0.15) is 25.7 Å². The Labute approximate surface area is 125 Å². The van der Waals surface area contributed by atoms with Crippen molar-refractivity contribution in [2.45, 2.75) is 25.7 Å². The van der Waals surface area contributed by atoms with E-state index >= 15 is 0 Å². The number of anilines is 1. The number of rotatable bonds is 4. The van der Waals surface area contributed by atoms with E-state index in [0.29, 0.717) is 5.92 Å². The molecule has 1 saturated carbocycles. The first-order valence-electron chi connectivity index (χ1n) is 7.57. The molecule has 0 saturated heterocycles. The van der Waals surface area contributed by atoms with Crippen molar-refractivity contribution < 1.29 is 4.79 Å². The van der Waals surface area contributed by atoms with E-state index < -0.39 is 0 Å². The maximum absolute atomic E-state index is 12.6. The van der Waals surface area contributed by atoms with Gasteiger partial charge >= 0.3 is 0 Å². The average Bonchev–Trinajstić information content (AvgIpc) is 3.02. The number of carbonyl (C=O) groups is 1. The van der Waals surface area contributed by atoms with Crippen molar-refractivity contribution in [3.05, 3.63) is 49.2 Å². The zero-order valence-corrected chi connectivity index (χ0v) is 12.1. The van der Waals surface area contributed by atoms with Crippen LogP contribution < -0.4 is 5.32 Å². The molecule has 3 rings (SSSR count). The smallest absolute Gasteiger partial charge is 0.231 e. The van der Waals surface area contributed by atoms with E-state index in [-0.39, 0.29) is 11.8 Å². The van der Waals surface area contributed by atoms with Crippen molar-refractivity contribution in [2.75, 3.05) is 5.32 Å². The summed E-state index contributed by atoms with van der Waals surface area (Å²) in [6.07, 6.45) is 8.23. The molecule has 1 amide bonds. The van der Waals surface area contributed by atoms with Gasteiger partial charge in [-0.25, -0.2) is 0 Å². The van der Waals surface area contributed by atoms with Crippen LogP contribution in [-0.2, 0) is 4.79 Å². The fourth-order valence-corrected chi connectivity index (χ4v) is 3.25. The minimum Gasteiger partial charge on any atom is -0.324 e. The Morgan fingerprint density at radius 2 is 2.05 bits per heavy atom. The van der Waals surface area contributed by atoms with Gasteiger partial charge in [0.05, 0.1) is 17.1 Å². The standard InChI is InChI=1S/C18H20N2O/c1-2-15(13-7-3-4-8-13)18(21)20-16-11-5-9-14-10-6-12-19-17(14)16/h2,5-6,9-13,15H,1,3-4,7-8H2,(H,20,21). The molecule has 1 heterocycles. The first-order valence-corrected chi connectivity index (χ1v) is 7.57. The van der Waals surface area contributed by atoms with Crippen molar-refractivity contribution in [3.8, 4) is 0 Å². The second-order valence-corrected chi connectivity index (χ2v) is 5.68. The zero-order chi connectivity index (χ0) is 14.7. The molecule has 3 nitrogen and oxygen atoms in total. The summed E-state index contributed by atoms with van der Waals surface area (Å²) >= 11 is 0. The minimum atomic E-state index is -0.105. The van der Waals surface area contributed by atoms with Gasteiger partial charge in [0.2, 0.25) is 5.91 Å². The molecule has 1 N–H and O–H groups in total. The van der Waals surface area contributed by atoms with Gasteiger partial charge in [-0.1, -0.05) is 37.1 Å². The van der Waals surface area contributed by atoms with E-state index in [2.05, 4.69) is 16.9 Å². The van der Waals surface area contributed by atoms with Gasteiger partial charge in [0.15, 0.2) is 0 Å². The molecule has 1 aromatic carbocycles. The second-order valence-electron chi connectivity index (χ2n) is 5.68. The van der Waals surface area contributed by atoms with E-state index in [1.165, 1.54) is 12.8 Å². The van der Waals surface area contributed by atoms with Gasteiger partial charge in [-0.05, 0) is 30.9 Å². The fourth-order valence-electron chi connectivity index (χ4n) is 3.25. The summed E-state index contributed by atoms with van der Waals surface area (Å²) in [7, 11) is 0. The molecule has 1 aliphatic carbocycles. The summed E-state index contributed by atoms with van der Waals surface area (Å²) in [6.45, 7) is 3.85. The molecule has 1 aliphatic rings. The summed E-state index contributed by atoms with van der Waals surface area (Å²) in [5.74, 6) is 0.368. The number of carbonyl (C=O) groups excluding carboxylic acids is 1. The Hall–Kier alpha value is -2.16. The van der Waals surface area contributed by atoms with E-state index in [1.807, 2.05) is 30.3 Å². The normalized spacial score (nSPS) is 16.8. The highest BCUT2D eigenvalue weighted by molar-refractivity contribution is 6.01.